The summed E-state index contributed by atoms with van der Waals surface area (Å²) >= 11 is 0. The van der Waals surface area contributed by atoms with Crippen LogP contribution in [-0.4, -0.2) is 31.7 Å². The van der Waals surface area contributed by atoms with Gasteiger partial charge in [0.15, 0.2) is 5.82 Å². The average molecular weight is 397 g/mol. The normalized spacial score (nSPS) is 19.0. The van der Waals surface area contributed by atoms with Crippen LogP contribution < -0.4 is 10.2 Å². The minimum atomic E-state index is -0.581. The van der Waals surface area contributed by atoms with Crippen molar-refractivity contribution in [2.45, 2.75) is 44.6 Å². The number of halogens is 2. The number of aromatic nitrogens is 5. The summed E-state index contributed by atoms with van der Waals surface area (Å²) in [6, 6.07) is 5.45. The largest absolute Gasteiger partial charge is 0.334 e. The van der Waals surface area contributed by atoms with Gasteiger partial charge in [-0.25, -0.2) is 8.78 Å². The van der Waals surface area contributed by atoms with Crippen LogP contribution in [0.5, 0.6) is 0 Å². The predicted octanol–water partition coefficient (Wildman–Crippen LogP) is 4.14. The topological polar surface area (TPSA) is 82.6 Å². The van der Waals surface area contributed by atoms with Crippen molar-refractivity contribution >= 4 is 17.7 Å². The second kappa shape index (κ2) is 7.06. The molecule has 0 spiro atoms. The summed E-state index contributed by atoms with van der Waals surface area (Å²) in [7, 11) is 0. The molecular weight excluding hydrogens is 376 g/mol. The molecule has 2 aliphatic rings. The number of aryl methyl sites for hydroxylation is 1. The molecule has 1 saturated heterocycles. The Kier molecular flexibility index (Phi) is 4.37. The molecule has 3 aromatic rings. The molecule has 5 rings (SSSR count). The number of nitrogens with one attached hydrogen (secondary N) is 2. The summed E-state index contributed by atoms with van der Waals surface area (Å²) in [5, 5.41) is 10.5. The predicted molar refractivity (Wildman–Crippen MR) is 104 cm³/mol. The Morgan fingerprint density at radius 3 is 2.76 bits per heavy atom. The molecule has 1 aliphatic heterocycles. The molecule has 1 saturated carbocycles. The molecule has 0 radical (unpaired) electrons. The Bertz CT molecular complexity index is 1050. The maximum atomic E-state index is 14.4. The number of benzene rings is 1. The third-order valence-electron chi connectivity index (χ3n) is 5.42. The first-order valence-corrected chi connectivity index (χ1v) is 9.83. The van der Waals surface area contributed by atoms with Gasteiger partial charge in [0.05, 0.1) is 6.04 Å². The average Bonchev–Trinajstić information content (AvgIpc) is 3.22. The van der Waals surface area contributed by atoms with Gasteiger partial charge in [-0.3, -0.25) is 5.10 Å². The van der Waals surface area contributed by atoms with E-state index in [0.29, 0.717) is 41.6 Å². The lowest BCUT2D eigenvalue weighted by Gasteiger charge is -2.25. The second-order valence-electron chi connectivity index (χ2n) is 7.63. The molecule has 2 aromatic heterocycles. The third-order valence-corrected chi connectivity index (χ3v) is 5.42. The monoisotopic (exact) mass is 397 g/mol. The standard InChI is InChI=1S/C20H21F2N7/c1-11-23-19(25-18-10-16(27-28-18)12-4-5-12)26-20(24-11)29-8-2-3-17(29)14-7-6-13(21)9-15(14)22/h6-7,9-10,12,17H,2-5,8H2,1H3,(H2,23,24,25,26,27,28). The van der Waals surface area contributed by atoms with Crippen molar-refractivity contribution in [3.8, 4) is 0 Å². The van der Waals surface area contributed by atoms with Gasteiger partial charge in [-0.05, 0) is 38.7 Å². The molecule has 1 unspecified atom stereocenters. The SMILES string of the molecule is Cc1nc(Nc2cc(C3CC3)[nH]n2)nc(N2CCCC2c2ccc(F)cc2F)n1. The molecule has 7 nitrogen and oxygen atoms in total. The van der Waals surface area contributed by atoms with Crippen molar-refractivity contribution in [2.75, 3.05) is 16.8 Å². The van der Waals surface area contributed by atoms with E-state index in [2.05, 4.69) is 30.5 Å². The highest BCUT2D eigenvalue weighted by Crippen LogP contribution is 2.40. The van der Waals surface area contributed by atoms with Gasteiger partial charge in [0, 0.05) is 35.9 Å². The Labute approximate surface area is 166 Å². The van der Waals surface area contributed by atoms with Gasteiger partial charge >= 0.3 is 0 Å². The number of hydrogen-bond acceptors (Lipinski definition) is 6. The highest BCUT2D eigenvalue weighted by Gasteiger charge is 2.31. The van der Waals surface area contributed by atoms with Crippen LogP contribution in [0.25, 0.3) is 0 Å². The van der Waals surface area contributed by atoms with E-state index in [1.165, 1.54) is 25.0 Å². The number of nitrogens with zero attached hydrogens (tertiary/aromatic N) is 5. The Morgan fingerprint density at radius 2 is 1.97 bits per heavy atom. The molecule has 0 amide bonds. The molecule has 0 bridgehead atoms. The van der Waals surface area contributed by atoms with Crippen molar-refractivity contribution < 1.29 is 8.78 Å². The Hall–Kier alpha value is -3.10. The summed E-state index contributed by atoms with van der Waals surface area (Å²) < 4.78 is 27.7. The van der Waals surface area contributed by atoms with Gasteiger partial charge in [0.2, 0.25) is 11.9 Å². The quantitative estimate of drug-likeness (QED) is 0.673. The number of anilines is 3. The van der Waals surface area contributed by atoms with Crippen molar-refractivity contribution in [3.63, 3.8) is 0 Å². The number of H-pyrrole nitrogens is 1. The highest BCUT2D eigenvalue weighted by atomic mass is 19.1. The van der Waals surface area contributed by atoms with Crippen molar-refractivity contribution in [3.05, 3.63) is 53.0 Å². The molecular formula is C20H21F2N7. The molecule has 9 heteroatoms. The van der Waals surface area contributed by atoms with E-state index in [1.807, 2.05) is 11.0 Å². The first kappa shape index (κ1) is 18.0. The summed E-state index contributed by atoms with van der Waals surface area (Å²) in [4.78, 5) is 15.3. The molecule has 29 heavy (non-hydrogen) atoms. The van der Waals surface area contributed by atoms with E-state index in [9.17, 15) is 8.78 Å². The highest BCUT2D eigenvalue weighted by molar-refractivity contribution is 5.51. The van der Waals surface area contributed by atoms with Crippen LogP contribution in [0.3, 0.4) is 0 Å². The maximum absolute atomic E-state index is 14.4. The van der Waals surface area contributed by atoms with Crippen LogP contribution in [-0.2, 0) is 0 Å². The lowest BCUT2D eigenvalue weighted by molar-refractivity contribution is 0.552. The summed E-state index contributed by atoms with van der Waals surface area (Å²) in [6.07, 6.45) is 4.00. The molecule has 1 atom stereocenters. The minimum absolute atomic E-state index is 0.239. The van der Waals surface area contributed by atoms with Crippen LogP contribution in [0.1, 0.15) is 54.7 Å². The van der Waals surface area contributed by atoms with Gasteiger partial charge in [-0.1, -0.05) is 6.07 Å². The first-order valence-electron chi connectivity index (χ1n) is 9.83. The number of hydrogen-bond donors (Lipinski definition) is 2. The maximum Gasteiger partial charge on any atom is 0.233 e. The van der Waals surface area contributed by atoms with E-state index >= 15 is 0 Å². The first-order chi connectivity index (χ1) is 14.1. The van der Waals surface area contributed by atoms with E-state index in [0.717, 1.165) is 24.6 Å². The Morgan fingerprint density at radius 1 is 1.10 bits per heavy atom. The van der Waals surface area contributed by atoms with Crippen LogP contribution in [0.15, 0.2) is 24.3 Å². The van der Waals surface area contributed by atoms with Gasteiger partial charge in [0.25, 0.3) is 0 Å². The molecule has 2 N–H and O–H groups in total. The fraction of sp³-hybridized carbons (Fsp3) is 0.400. The van der Waals surface area contributed by atoms with E-state index in [-0.39, 0.29) is 6.04 Å². The van der Waals surface area contributed by atoms with Crippen molar-refractivity contribution in [2.24, 2.45) is 0 Å². The zero-order valence-corrected chi connectivity index (χ0v) is 16.0. The van der Waals surface area contributed by atoms with E-state index in [4.69, 9.17) is 0 Å². The van der Waals surface area contributed by atoms with Gasteiger partial charge in [-0.15, -0.1) is 0 Å². The molecule has 1 aliphatic carbocycles. The molecule has 3 heterocycles. The fourth-order valence-electron chi connectivity index (χ4n) is 3.87. The lowest BCUT2D eigenvalue weighted by Crippen LogP contribution is -2.26. The Balaban J connectivity index is 1.42. The van der Waals surface area contributed by atoms with Crippen LogP contribution >= 0.6 is 0 Å². The fourth-order valence-corrected chi connectivity index (χ4v) is 3.87. The lowest BCUT2D eigenvalue weighted by atomic mass is 10.0. The van der Waals surface area contributed by atoms with Gasteiger partial charge in [-0.2, -0.15) is 20.1 Å². The van der Waals surface area contributed by atoms with Crippen molar-refractivity contribution in [1.29, 1.82) is 0 Å². The van der Waals surface area contributed by atoms with Crippen molar-refractivity contribution in [1.82, 2.24) is 25.1 Å². The van der Waals surface area contributed by atoms with Gasteiger partial charge < -0.3 is 10.2 Å². The zero-order valence-electron chi connectivity index (χ0n) is 16.0. The summed E-state index contributed by atoms with van der Waals surface area (Å²) in [6.45, 7) is 2.48. The minimum Gasteiger partial charge on any atom is -0.334 e. The summed E-state index contributed by atoms with van der Waals surface area (Å²) in [5.74, 6) is 1.53. The smallest absolute Gasteiger partial charge is 0.233 e. The summed E-state index contributed by atoms with van der Waals surface area (Å²) in [5.41, 5.74) is 1.57. The number of aromatic amines is 1. The third kappa shape index (κ3) is 3.64. The van der Waals surface area contributed by atoms with Gasteiger partial charge in [0.1, 0.15) is 17.5 Å². The van der Waals surface area contributed by atoms with Crippen LogP contribution in [0.2, 0.25) is 0 Å². The van der Waals surface area contributed by atoms with Crippen LogP contribution in [0.4, 0.5) is 26.5 Å². The molecule has 2 fully saturated rings. The van der Waals surface area contributed by atoms with E-state index in [1.54, 1.807) is 6.92 Å². The van der Waals surface area contributed by atoms with E-state index < -0.39 is 11.6 Å². The number of rotatable bonds is 5. The van der Waals surface area contributed by atoms with Crippen LogP contribution in [0, 0.1) is 18.6 Å². The molecule has 1 aromatic carbocycles. The second-order valence-corrected chi connectivity index (χ2v) is 7.63. The molecule has 150 valence electrons. The zero-order chi connectivity index (χ0) is 20.0.